The van der Waals surface area contributed by atoms with Gasteiger partial charge in [-0.2, -0.15) is 0 Å². The molecule has 1 aliphatic rings. The standard InChI is InChI=1S/C10H16N2S/c1-10(3-2-4-10)7-11-5-9-6-12-8-13-9/h6,8,11H,2-5,7H2,1H3. The van der Waals surface area contributed by atoms with E-state index in [4.69, 9.17) is 0 Å². The fourth-order valence-electron chi connectivity index (χ4n) is 1.77. The second kappa shape index (κ2) is 3.76. The zero-order valence-electron chi connectivity index (χ0n) is 8.05. The topological polar surface area (TPSA) is 24.9 Å². The molecule has 13 heavy (non-hydrogen) atoms. The zero-order valence-corrected chi connectivity index (χ0v) is 8.86. The molecule has 0 amide bonds. The van der Waals surface area contributed by atoms with Crippen LogP contribution in [0.25, 0.3) is 0 Å². The van der Waals surface area contributed by atoms with Crippen molar-refractivity contribution in [3.63, 3.8) is 0 Å². The lowest BCUT2D eigenvalue weighted by molar-refractivity contribution is 0.156. The number of hydrogen-bond acceptors (Lipinski definition) is 3. The maximum atomic E-state index is 4.05. The normalized spacial score (nSPS) is 19.8. The largest absolute Gasteiger partial charge is 0.311 e. The molecule has 2 rings (SSSR count). The van der Waals surface area contributed by atoms with E-state index < -0.39 is 0 Å². The lowest BCUT2D eigenvalue weighted by Gasteiger charge is -2.38. The van der Waals surface area contributed by atoms with E-state index in [1.54, 1.807) is 11.3 Å². The van der Waals surface area contributed by atoms with E-state index in [1.807, 2.05) is 11.7 Å². The summed E-state index contributed by atoms with van der Waals surface area (Å²) in [6.07, 6.45) is 6.14. The number of nitrogens with one attached hydrogen (secondary N) is 1. The average molecular weight is 196 g/mol. The molecule has 1 aromatic heterocycles. The first kappa shape index (κ1) is 9.16. The van der Waals surface area contributed by atoms with Crippen molar-refractivity contribution in [3.8, 4) is 0 Å². The van der Waals surface area contributed by atoms with Crippen molar-refractivity contribution in [2.75, 3.05) is 6.54 Å². The lowest BCUT2D eigenvalue weighted by atomic mass is 9.70. The van der Waals surface area contributed by atoms with Gasteiger partial charge in [-0.1, -0.05) is 13.3 Å². The van der Waals surface area contributed by atoms with E-state index in [0.29, 0.717) is 5.41 Å². The van der Waals surface area contributed by atoms with Crippen LogP contribution in [0.5, 0.6) is 0 Å². The maximum absolute atomic E-state index is 4.05. The Morgan fingerprint density at radius 2 is 2.46 bits per heavy atom. The molecule has 3 heteroatoms. The minimum Gasteiger partial charge on any atom is -0.311 e. The molecule has 0 aromatic carbocycles. The molecule has 0 saturated heterocycles. The fraction of sp³-hybridized carbons (Fsp3) is 0.700. The Labute approximate surface area is 83.4 Å². The summed E-state index contributed by atoms with van der Waals surface area (Å²) in [7, 11) is 0. The van der Waals surface area contributed by atoms with Crippen molar-refractivity contribution in [1.29, 1.82) is 0 Å². The molecule has 0 bridgehead atoms. The number of hydrogen-bond donors (Lipinski definition) is 1. The highest BCUT2D eigenvalue weighted by atomic mass is 32.1. The fourth-order valence-corrected chi connectivity index (χ4v) is 2.34. The molecule has 1 aliphatic carbocycles. The van der Waals surface area contributed by atoms with Gasteiger partial charge in [0.2, 0.25) is 0 Å². The van der Waals surface area contributed by atoms with Gasteiger partial charge >= 0.3 is 0 Å². The minimum absolute atomic E-state index is 0.588. The van der Waals surface area contributed by atoms with Gasteiger partial charge in [-0.15, -0.1) is 11.3 Å². The Balaban J connectivity index is 1.69. The average Bonchev–Trinajstić information content (AvgIpc) is 2.54. The summed E-state index contributed by atoms with van der Waals surface area (Å²) in [5.74, 6) is 0. The summed E-state index contributed by atoms with van der Waals surface area (Å²) in [5, 5.41) is 3.50. The van der Waals surface area contributed by atoms with Gasteiger partial charge in [-0.25, -0.2) is 0 Å². The van der Waals surface area contributed by atoms with E-state index in [2.05, 4.69) is 17.2 Å². The van der Waals surface area contributed by atoms with Crippen molar-refractivity contribution >= 4 is 11.3 Å². The van der Waals surface area contributed by atoms with Gasteiger partial charge in [-0.05, 0) is 18.3 Å². The Bertz CT molecular complexity index is 252. The van der Waals surface area contributed by atoms with Gasteiger partial charge in [0, 0.05) is 24.2 Å². The second-order valence-corrected chi connectivity index (χ2v) is 5.21. The van der Waals surface area contributed by atoms with Gasteiger partial charge in [0.15, 0.2) is 0 Å². The van der Waals surface area contributed by atoms with Crippen LogP contribution in [-0.2, 0) is 6.54 Å². The molecule has 1 fully saturated rings. The molecule has 0 aliphatic heterocycles. The third-order valence-corrected chi connectivity index (χ3v) is 3.67. The highest BCUT2D eigenvalue weighted by Gasteiger charge is 2.30. The molecule has 1 heterocycles. The molecular weight excluding hydrogens is 180 g/mol. The smallest absolute Gasteiger partial charge is 0.0794 e. The van der Waals surface area contributed by atoms with Crippen LogP contribution < -0.4 is 5.32 Å². The molecule has 1 saturated carbocycles. The third kappa shape index (κ3) is 2.29. The minimum atomic E-state index is 0.588. The Morgan fingerprint density at radius 3 is 3.00 bits per heavy atom. The second-order valence-electron chi connectivity index (χ2n) is 4.24. The first-order valence-electron chi connectivity index (χ1n) is 4.87. The summed E-state index contributed by atoms with van der Waals surface area (Å²) in [6.45, 7) is 4.52. The summed E-state index contributed by atoms with van der Waals surface area (Å²) in [5.41, 5.74) is 2.48. The zero-order chi connectivity index (χ0) is 9.15. The SMILES string of the molecule is CC1(CNCc2cncs2)CCC1. The highest BCUT2D eigenvalue weighted by molar-refractivity contribution is 7.09. The summed E-state index contributed by atoms with van der Waals surface area (Å²) in [6, 6.07) is 0. The number of nitrogens with zero attached hydrogens (tertiary/aromatic N) is 1. The quantitative estimate of drug-likeness (QED) is 0.800. The van der Waals surface area contributed by atoms with Crippen molar-refractivity contribution < 1.29 is 0 Å². The highest BCUT2D eigenvalue weighted by Crippen LogP contribution is 2.39. The van der Waals surface area contributed by atoms with Crippen LogP contribution >= 0.6 is 11.3 Å². The van der Waals surface area contributed by atoms with Gasteiger partial charge < -0.3 is 5.32 Å². The molecule has 2 nitrogen and oxygen atoms in total. The molecule has 0 unspecified atom stereocenters. The van der Waals surface area contributed by atoms with Crippen LogP contribution in [-0.4, -0.2) is 11.5 Å². The van der Waals surface area contributed by atoms with Crippen LogP contribution in [0.3, 0.4) is 0 Å². The van der Waals surface area contributed by atoms with E-state index in [0.717, 1.165) is 13.1 Å². The van der Waals surface area contributed by atoms with Crippen molar-refractivity contribution in [2.24, 2.45) is 5.41 Å². The summed E-state index contributed by atoms with van der Waals surface area (Å²) < 4.78 is 0. The van der Waals surface area contributed by atoms with Crippen molar-refractivity contribution in [2.45, 2.75) is 32.7 Å². The van der Waals surface area contributed by atoms with Gasteiger partial charge in [-0.3, -0.25) is 4.98 Å². The van der Waals surface area contributed by atoms with Crippen molar-refractivity contribution in [3.05, 3.63) is 16.6 Å². The monoisotopic (exact) mass is 196 g/mol. The number of rotatable bonds is 4. The van der Waals surface area contributed by atoms with Crippen LogP contribution in [0.2, 0.25) is 0 Å². The summed E-state index contributed by atoms with van der Waals surface area (Å²) >= 11 is 1.73. The van der Waals surface area contributed by atoms with Gasteiger partial charge in [0.05, 0.1) is 5.51 Å². The Kier molecular flexibility index (Phi) is 2.65. The van der Waals surface area contributed by atoms with E-state index in [-0.39, 0.29) is 0 Å². The first-order chi connectivity index (χ1) is 6.29. The lowest BCUT2D eigenvalue weighted by Crippen LogP contribution is -2.36. The Morgan fingerprint density at radius 1 is 1.62 bits per heavy atom. The predicted molar refractivity (Wildman–Crippen MR) is 55.8 cm³/mol. The molecule has 0 atom stereocenters. The first-order valence-corrected chi connectivity index (χ1v) is 5.75. The molecule has 0 spiro atoms. The van der Waals surface area contributed by atoms with E-state index in [1.165, 1.54) is 24.1 Å². The van der Waals surface area contributed by atoms with Crippen LogP contribution in [0.4, 0.5) is 0 Å². The molecule has 1 aromatic rings. The van der Waals surface area contributed by atoms with E-state index in [9.17, 15) is 0 Å². The number of aromatic nitrogens is 1. The van der Waals surface area contributed by atoms with Gasteiger partial charge in [0.1, 0.15) is 0 Å². The molecule has 1 N–H and O–H groups in total. The van der Waals surface area contributed by atoms with Crippen LogP contribution in [0.15, 0.2) is 11.7 Å². The summed E-state index contributed by atoms with van der Waals surface area (Å²) in [4.78, 5) is 5.39. The maximum Gasteiger partial charge on any atom is 0.0794 e. The van der Waals surface area contributed by atoms with Gasteiger partial charge in [0.25, 0.3) is 0 Å². The van der Waals surface area contributed by atoms with E-state index >= 15 is 0 Å². The molecule has 72 valence electrons. The van der Waals surface area contributed by atoms with Crippen molar-refractivity contribution in [1.82, 2.24) is 10.3 Å². The molecule has 0 radical (unpaired) electrons. The predicted octanol–water partition coefficient (Wildman–Crippen LogP) is 2.42. The number of thiazole rings is 1. The Hall–Kier alpha value is -0.410. The van der Waals surface area contributed by atoms with Crippen LogP contribution in [0, 0.1) is 5.41 Å². The molecular formula is C10H16N2S. The third-order valence-electron chi connectivity index (χ3n) is 2.90. The van der Waals surface area contributed by atoms with Crippen LogP contribution in [0.1, 0.15) is 31.1 Å².